The maximum Gasteiger partial charge on any atom is 0.350 e. The van der Waals surface area contributed by atoms with Crippen LogP contribution in [0.15, 0.2) is 12.1 Å². The van der Waals surface area contributed by atoms with Gasteiger partial charge in [-0.05, 0) is 44.4 Å². The number of hydrogen-bond donors (Lipinski definition) is 0. The Labute approximate surface area is 148 Å². The third-order valence-electron chi connectivity index (χ3n) is 4.73. The largest absolute Gasteiger partial charge is 0.463 e. The van der Waals surface area contributed by atoms with Crippen LogP contribution in [0.1, 0.15) is 54.9 Å². The van der Waals surface area contributed by atoms with E-state index in [1.807, 2.05) is 32.9 Å². The van der Waals surface area contributed by atoms with Crippen molar-refractivity contribution in [1.29, 1.82) is 0 Å². The van der Waals surface area contributed by atoms with E-state index in [4.69, 9.17) is 9.47 Å². The van der Waals surface area contributed by atoms with Crippen LogP contribution in [-0.4, -0.2) is 29.9 Å². The molecule has 0 aliphatic heterocycles. The molecule has 0 radical (unpaired) electrons. The first-order chi connectivity index (χ1) is 11.8. The highest BCUT2D eigenvalue weighted by atomic mass is 16.6. The lowest BCUT2D eigenvalue weighted by Crippen LogP contribution is -2.47. The Morgan fingerprint density at radius 1 is 1.08 bits per heavy atom. The van der Waals surface area contributed by atoms with E-state index in [1.54, 1.807) is 6.92 Å². The summed E-state index contributed by atoms with van der Waals surface area (Å²) >= 11 is 0. The minimum absolute atomic E-state index is 0.0844. The molecule has 0 bridgehead atoms. The Kier molecular flexibility index (Phi) is 5.98. The number of carbonyl (C=O) groups excluding carboxylic acids is 3. The lowest BCUT2D eigenvalue weighted by molar-refractivity contribution is -0.186. The van der Waals surface area contributed by atoms with Crippen LogP contribution in [-0.2, 0) is 30.3 Å². The predicted octanol–water partition coefficient (Wildman–Crippen LogP) is 3.14. The Morgan fingerprint density at radius 3 is 2.16 bits per heavy atom. The number of ketones is 1. The summed E-state index contributed by atoms with van der Waals surface area (Å²) in [6.45, 7) is 7.85. The Bertz CT molecular complexity index is 656. The van der Waals surface area contributed by atoms with Gasteiger partial charge in [0.15, 0.2) is 0 Å². The molecule has 25 heavy (non-hydrogen) atoms. The minimum Gasteiger partial charge on any atom is -0.463 e. The van der Waals surface area contributed by atoms with Gasteiger partial charge in [-0.3, -0.25) is 9.59 Å². The first-order valence-corrected chi connectivity index (χ1v) is 8.75. The van der Waals surface area contributed by atoms with Crippen molar-refractivity contribution < 1.29 is 23.9 Å². The molecule has 0 heterocycles. The monoisotopic (exact) mass is 346 g/mol. The van der Waals surface area contributed by atoms with E-state index in [-0.39, 0.29) is 44.5 Å². The van der Waals surface area contributed by atoms with E-state index in [1.165, 1.54) is 0 Å². The number of rotatable bonds is 5. The number of esters is 2. The Morgan fingerprint density at radius 2 is 1.64 bits per heavy atom. The molecular weight excluding hydrogens is 320 g/mol. The second-order valence-electron chi connectivity index (χ2n) is 6.78. The molecule has 0 unspecified atom stereocenters. The van der Waals surface area contributed by atoms with Gasteiger partial charge in [-0.15, -0.1) is 0 Å². The summed E-state index contributed by atoms with van der Waals surface area (Å²) in [4.78, 5) is 36.5. The summed E-state index contributed by atoms with van der Waals surface area (Å²) in [5, 5.41) is 0. The molecule has 0 aromatic heterocycles. The molecule has 1 aliphatic rings. The van der Waals surface area contributed by atoms with Gasteiger partial charge in [-0.1, -0.05) is 17.7 Å². The second kappa shape index (κ2) is 7.81. The second-order valence-corrected chi connectivity index (χ2v) is 6.78. The maximum absolute atomic E-state index is 12.6. The SMILES string of the molecule is CCOC(=O)C1(OC(=O)Cc2c(C)cc(C)cc2C)CCC(=O)CC1. The fraction of sp³-hybridized carbons (Fsp3) is 0.550. The summed E-state index contributed by atoms with van der Waals surface area (Å²) in [5.41, 5.74) is 2.78. The molecule has 0 atom stereocenters. The van der Waals surface area contributed by atoms with Gasteiger partial charge in [0.2, 0.25) is 5.60 Å². The average molecular weight is 346 g/mol. The highest BCUT2D eigenvalue weighted by Gasteiger charge is 2.46. The van der Waals surface area contributed by atoms with E-state index in [0.29, 0.717) is 0 Å². The molecule has 0 N–H and O–H groups in total. The van der Waals surface area contributed by atoms with Gasteiger partial charge >= 0.3 is 11.9 Å². The van der Waals surface area contributed by atoms with Crippen LogP contribution >= 0.6 is 0 Å². The minimum atomic E-state index is -1.33. The predicted molar refractivity (Wildman–Crippen MR) is 93.3 cm³/mol. The zero-order valence-corrected chi connectivity index (χ0v) is 15.4. The van der Waals surface area contributed by atoms with Gasteiger partial charge in [0, 0.05) is 25.7 Å². The summed E-state index contributed by atoms with van der Waals surface area (Å²) < 4.78 is 10.7. The fourth-order valence-corrected chi connectivity index (χ4v) is 3.43. The standard InChI is InChI=1S/C20H26O5/c1-5-24-19(23)20(8-6-16(21)7-9-20)25-18(22)12-17-14(3)10-13(2)11-15(17)4/h10-11H,5-9,12H2,1-4H3. The van der Waals surface area contributed by atoms with E-state index < -0.39 is 17.5 Å². The average Bonchev–Trinajstić information content (AvgIpc) is 2.53. The third-order valence-corrected chi connectivity index (χ3v) is 4.73. The molecule has 1 aliphatic carbocycles. The Hall–Kier alpha value is -2.17. The molecule has 136 valence electrons. The van der Waals surface area contributed by atoms with Crippen molar-refractivity contribution in [2.45, 2.75) is 65.4 Å². The maximum atomic E-state index is 12.6. The molecule has 1 fully saturated rings. The first kappa shape index (κ1) is 19.2. The lowest BCUT2D eigenvalue weighted by atomic mass is 9.83. The zero-order valence-electron chi connectivity index (χ0n) is 15.4. The van der Waals surface area contributed by atoms with Crippen LogP contribution in [0.3, 0.4) is 0 Å². The summed E-state index contributed by atoms with van der Waals surface area (Å²) in [5.74, 6) is -0.924. The van der Waals surface area contributed by atoms with Gasteiger partial charge in [0.25, 0.3) is 0 Å². The van der Waals surface area contributed by atoms with Crippen LogP contribution in [0.25, 0.3) is 0 Å². The van der Waals surface area contributed by atoms with Crippen molar-refractivity contribution in [2.24, 2.45) is 0 Å². The van der Waals surface area contributed by atoms with Gasteiger partial charge in [0.05, 0.1) is 13.0 Å². The van der Waals surface area contributed by atoms with Crippen LogP contribution in [0.2, 0.25) is 0 Å². The van der Waals surface area contributed by atoms with Gasteiger partial charge in [-0.25, -0.2) is 4.79 Å². The molecule has 0 saturated heterocycles. The van der Waals surface area contributed by atoms with Crippen LogP contribution in [0, 0.1) is 20.8 Å². The van der Waals surface area contributed by atoms with Crippen LogP contribution in [0.4, 0.5) is 0 Å². The van der Waals surface area contributed by atoms with Crippen molar-refractivity contribution >= 4 is 17.7 Å². The normalized spacial score (nSPS) is 16.4. The van der Waals surface area contributed by atoms with Crippen molar-refractivity contribution in [2.75, 3.05) is 6.61 Å². The molecule has 1 aromatic carbocycles. The molecule has 1 aromatic rings. The highest BCUT2D eigenvalue weighted by molar-refractivity contribution is 5.88. The molecule has 0 amide bonds. The van der Waals surface area contributed by atoms with E-state index >= 15 is 0 Å². The lowest BCUT2D eigenvalue weighted by Gasteiger charge is -2.33. The van der Waals surface area contributed by atoms with Gasteiger partial charge in [-0.2, -0.15) is 0 Å². The van der Waals surface area contributed by atoms with Crippen LogP contribution < -0.4 is 0 Å². The smallest absolute Gasteiger partial charge is 0.350 e. The number of Topliss-reactive ketones (excluding diaryl/α,β-unsaturated/α-hetero) is 1. The van der Waals surface area contributed by atoms with Crippen molar-refractivity contribution in [3.63, 3.8) is 0 Å². The topological polar surface area (TPSA) is 69.7 Å². The summed E-state index contributed by atoms with van der Waals surface area (Å²) in [7, 11) is 0. The van der Waals surface area contributed by atoms with E-state index in [9.17, 15) is 14.4 Å². The van der Waals surface area contributed by atoms with Crippen molar-refractivity contribution in [3.8, 4) is 0 Å². The summed E-state index contributed by atoms with van der Waals surface area (Å²) in [6.07, 6.45) is 0.959. The van der Waals surface area contributed by atoms with Crippen LogP contribution in [0.5, 0.6) is 0 Å². The quantitative estimate of drug-likeness (QED) is 0.766. The van der Waals surface area contributed by atoms with Crippen molar-refractivity contribution in [1.82, 2.24) is 0 Å². The molecule has 0 spiro atoms. The third kappa shape index (κ3) is 4.47. The molecule has 1 saturated carbocycles. The van der Waals surface area contributed by atoms with Crippen molar-refractivity contribution in [3.05, 3.63) is 34.4 Å². The van der Waals surface area contributed by atoms with E-state index in [0.717, 1.165) is 22.3 Å². The van der Waals surface area contributed by atoms with Gasteiger partial charge in [0.1, 0.15) is 5.78 Å². The highest BCUT2D eigenvalue weighted by Crippen LogP contribution is 2.32. The first-order valence-electron chi connectivity index (χ1n) is 8.75. The molecule has 5 nitrogen and oxygen atoms in total. The number of ether oxygens (including phenoxy) is 2. The molecule has 2 rings (SSSR count). The number of benzene rings is 1. The van der Waals surface area contributed by atoms with E-state index in [2.05, 4.69) is 0 Å². The number of aryl methyl sites for hydroxylation is 3. The van der Waals surface area contributed by atoms with Gasteiger partial charge < -0.3 is 9.47 Å². The fourth-order valence-electron chi connectivity index (χ4n) is 3.43. The Balaban J connectivity index is 2.17. The number of carbonyl (C=O) groups is 3. The molecule has 5 heteroatoms. The summed E-state index contributed by atoms with van der Waals surface area (Å²) in [6, 6.07) is 4.05. The molecular formula is C20H26O5. The zero-order chi connectivity index (χ0) is 18.6. The number of hydrogen-bond acceptors (Lipinski definition) is 5.